The van der Waals surface area contributed by atoms with Crippen LogP contribution in [0.5, 0.6) is 5.75 Å². The molecule has 4 aliphatic rings. The van der Waals surface area contributed by atoms with Crippen LogP contribution in [-0.4, -0.2) is 71.9 Å². The number of alkyl halides is 3. The zero-order chi connectivity index (χ0) is 24.1. The summed E-state index contributed by atoms with van der Waals surface area (Å²) >= 11 is 0. The normalized spacial score (nSPS) is 25.8. The number of halogens is 3. The van der Waals surface area contributed by atoms with Gasteiger partial charge in [-0.2, -0.15) is 0 Å². The fourth-order valence-electron chi connectivity index (χ4n) is 5.61. The molecule has 4 saturated carbocycles. The number of methoxy groups -OCH3 is 2. The monoisotopic (exact) mass is 481 g/mol. The van der Waals surface area contributed by atoms with Crippen LogP contribution in [0.4, 0.5) is 19.0 Å². The number of nitrogen functional groups attached to an aromatic ring is 1. The van der Waals surface area contributed by atoms with E-state index in [2.05, 4.69) is 19.2 Å². The van der Waals surface area contributed by atoms with Crippen LogP contribution in [0.15, 0.2) is 18.5 Å². The zero-order valence-electron chi connectivity index (χ0n) is 19.4. The van der Waals surface area contributed by atoms with Gasteiger partial charge in [0.1, 0.15) is 5.82 Å². The molecule has 2 aromatic heterocycles. The number of imidazole rings is 1. The van der Waals surface area contributed by atoms with E-state index < -0.39 is 12.1 Å². The predicted octanol–water partition coefficient (Wildman–Crippen LogP) is 3.53. The highest BCUT2D eigenvalue weighted by atomic mass is 19.4. The highest BCUT2D eigenvalue weighted by molar-refractivity contribution is 5.64. The lowest BCUT2D eigenvalue weighted by molar-refractivity contribution is -0.274. The maximum atomic E-state index is 12.8. The molecule has 4 aliphatic carbocycles. The van der Waals surface area contributed by atoms with Crippen molar-refractivity contribution in [3.63, 3.8) is 0 Å². The summed E-state index contributed by atoms with van der Waals surface area (Å²) < 4.78 is 55.3. The van der Waals surface area contributed by atoms with Crippen LogP contribution in [-0.2, 0) is 15.0 Å². The zero-order valence-corrected chi connectivity index (χ0v) is 19.4. The van der Waals surface area contributed by atoms with Crippen LogP contribution in [0.2, 0.25) is 0 Å². The van der Waals surface area contributed by atoms with Crippen molar-refractivity contribution >= 4 is 5.82 Å². The van der Waals surface area contributed by atoms with Crippen molar-refractivity contribution in [2.75, 3.05) is 46.3 Å². The summed E-state index contributed by atoms with van der Waals surface area (Å²) in [5, 5.41) is 0. The number of nitrogens with zero attached hydrogens (tertiary/aromatic N) is 4. The first-order chi connectivity index (χ1) is 16.2. The maximum Gasteiger partial charge on any atom is 0.573 e. The molecule has 0 radical (unpaired) electrons. The van der Waals surface area contributed by atoms with Gasteiger partial charge in [0.05, 0.1) is 24.4 Å². The topological polar surface area (TPSA) is 87.7 Å². The Bertz CT molecular complexity index is 1030. The van der Waals surface area contributed by atoms with Crippen molar-refractivity contribution in [3.8, 4) is 17.0 Å². The van der Waals surface area contributed by atoms with Crippen molar-refractivity contribution in [1.82, 2.24) is 19.4 Å². The molecule has 11 heteroatoms. The Morgan fingerprint density at radius 2 is 1.79 bits per heavy atom. The largest absolute Gasteiger partial charge is 0.573 e. The predicted molar refractivity (Wildman–Crippen MR) is 118 cm³/mol. The highest BCUT2D eigenvalue weighted by Gasteiger charge is 2.71. The lowest BCUT2D eigenvalue weighted by Crippen LogP contribution is -2.79. The van der Waals surface area contributed by atoms with E-state index in [0.717, 1.165) is 51.0 Å². The van der Waals surface area contributed by atoms with Gasteiger partial charge in [-0.05, 0) is 38.2 Å². The van der Waals surface area contributed by atoms with Crippen LogP contribution >= 0.6 is 0 Å². The molecule has 0 aliphatic heterocycles. The molecule has 0 aromatic carbocycles. The lowest BCUT2D eigenvalue weighted by atomic mass is 9.43. The second-order valence-electron chi connectivity index (χ2n) is 9.74. The minimum Gasteiger partial charge on any atom is -0.402 e. The number of hydrogen-bond donors (Lipinski definition) is 1. The van der Waals surface area contributed by atoms with Gasteiger partial charge in [-0.25, -0.2) is 9.97 Å². The highest BCUT2D eigenvalue weighted by Crippen LogP contribution is 2.69. The quantitative estimate of drug-likeness (QED) is 0.525. The van der Waals surface area contributed by atoms with Gasteiger partial charge in [-0.3, -0.25) is 4.90 Å². The smallest absolute Gasteiger partial charge is 0.402 e. The second-order valence-corrected chi connectivity index (χ2v) is 9.74. The molecule has 0 spiro atoms. The molecular formula is C23H30F3N5O3. The molecular weight excluding hydrogens is 451 g/mol. The fraction of sp³-hybridized carbons (Fsp3) is 0.652. The van der Waals surface area contributed by atoms with Crippen LogP contribution < -0.4 is 10.5 Å². The first kappa shape index (κ1) is 23.4. The van der Waals surface area contributed by atoms with Gasteiger partial charge < -0.3 is 24.5 Å². The summed E-state index contributed by atoms with van der Waals surface area (Å²) in [6.07, 6.45) is 3.78. The number of rotatable bonds is 11. The van der Waals surface area contributed by atoms with E-state index in [-0.39, 0.29) is 16.9 Å². The van der Waals surface area contributed by atoms with E-state index in [0.29, 0.717) is 30.4 Å². The molecule has 2 bridgehead atoms. The Balaban J connectivity index is 1.39. The number of aromatic nitrogens is 3. The molecule has 6 rings (SSSR count). The maximum absolute atomic E-state index is 12.8. The molecule has 4 fully saturated rings. The molecule has 8 nitrogen and oxygen atoms in total. The Labute approximate surface area is 196 Å². The van der Waals surface area contributed by atoms with Crippen molar-refractivity contribution in [2.24, 2.45) is 0 Å². The molecule has 0 unspecified atom stereocenters. The Hall–Kier alpha value is -2.37. The van der Waals surface area contributed by atoms with Crippen molar-refractivity contribution in [1.29, 1.82) is 0 Å². The summed E-state index contributed by atoms with van der Waals surface area (Å²) in [7, 11) is 3.42. The summed E-state index contributed by atoms with van der Waals surface area (Å²) in [4.78, 5) is 11.2. The third kappa shape index (κ3) is 4.14. The second kappa shape index (κ2) is 8.39. The van der Waals surface area contributed by atoms with Gasteiger partial charge in [0.25, 0.3) is 0 Å². The van der Waals surface area contributed by atoms with Crippen molar-refractivity contribution < 1.29 is 27.4 Å². The summed E-state index contributed by atoms with van der Waals surface area (Å²) in [5.41, 5.74) is 6.81. The van der Waals surface area contributed by atoms with Crippen LogP contribution in [0.1, 0.15) is 43.8 Å². The molecule has 2 aromatic rings. The number of anilines is 1. The lowest BCUT2D eigenvalue weighted by Gasteiger charge is -2.74. The molecule has 34 heavy (non-hydrogen) atoms. The van der Waals surface area contributed by atoms with E-state index in [1.165, 1.54) is 12.3 Å². The standard InChI is InChI=1S/C23H30F3N5O3/c1-32-7-5-30(6-8-33-2)21-12-22(13-21,14-21)31-11-17(29-20(31)15-3-4-15)16-9-18(19(27)28-10-16)34-23(24,25)26/h9-11,15H,3-8,12-14H2,1-2H3,(H2,27,28). The van der Waals surface area contributed by atoms with Gasteiger partial charge in [-0.1, -0.05) is 0 Å². The molecule has 0 atom stereocenters. The van der Waals surface area contributed by atoms with Crippen LogP contribution in [0.25, 0.3) is 11.3 Å². The van der Waals surface area contributed by atoms with Crippen LogP contribution in [0, 0.1) is 0 Å². The SMILES string of the molecule is COCCN(CCOC)C12CC(n3cc(-c4cnc(N)c(OC(F)(F)F)c4)nc3C3CC3)(C1)C2. The third-order valence-corrected chi connectivity index (χ3v) is 7.37. The Kier molecular flexibility index (Phi) is 5.77. The van der Waals surface area contributed by atoms with Gasteiger partial charge in [-0.15, -0.1) is 13.2 Å². The Morgan fingerprint density at radius 3 is 2.35 bits per heavy atom. The van der Waals surface area contributed by atoms with E-state index >= 15 is 0 Å². The van der Waals surface area contributed by atoms with E-state index in [4.69, 9.17) is 20.2 Å². The minimum absolute atomic E-state index is 0.00804. The summed E-state index contributed by atoms with van der Waals surface area (Å²) in [6, 6.07) is 1.26. The number of hydrogen-bond acceptors (Lipinski definition) is 7. The van der Waals surface area contributed by atoms with Gasteiger partial charge in [0, 0.05) is 56.7 Å². The minimum atomic E-state index is -4.84. The van der Waals surface area contributed by atoms with Crippen LogP contribution in [0.3, 0.4) is 0 Å². The van der Waals surface area contributed by atoms with E-state index in [1.807, 2.05) is 6.20 Å². The van der Waals surface area contributed by atoms with E-state index in [9.17, 15) is 13.2 Å². The Morgan fingerprint density at radius 1 is 1.15 bits per heavy atom. The van der Waals surface area contributed by atoms with Crippen molar-refractivity contribution in [2.45, 2.75) is 55.5 Å². The number of ether oxygens (including phenoxy) is 3. The average Bonchev–Trinajstić information content (AvgIpc) is 3.47. The average molecular weight is 482 g/mol. The van der Waals surface area contributed by atoms with Gasteiger partial charge in [0.2, 0.25) is 0 Å². The molecule has 186 valence electrons. The molecule has 2 heterocycles. The first-order valence-corrected chi connectivity index (χ1v) is 11.5. The summed E-state index contributed by atoms with van der Waals surface area (Å²) in [5.74, 6) is 0.587. The molecule has 0 amide bonds. The number of pyridine rings is 1. The fourth-order valence-corrected chi connectivity index (χ4v) is 5.61. The number of nitrogens with two attached hydrogens (primary N) is 1. The summed E-state index contributed by atoms with van der Waals surface area (Å²) in [6.45, 7) is 3.07. The first-order valence-electron chi connectivity index (χ1n) is 11.5. The van der Waals surface area contributed by atoms with Gasteiger partial charge >= 0.3 is 6.36 Å². The molecule has 0 saturated heterocycles. The van der Waals surface area contributed by atoms with Crippen molar-refractivity contribution in [3.05, 3.63) is 24.3 Å². The third-order valence-electron chi connectivity index (χ3n) is 7.37. The van der Waals surface area contributed by atoms with E-state index in [1.54, 1.807) is 14.2 Å². The van der Waals surface area contributed by atoms with Gasteiger partial charge in [0.15, 0.2) is 11.6 Å². The molecule has 2 N–H and O–H groups in total.